The summed E-state index contributed by atoms with van der Waals surface area (Å²) in [5.74, 6) is 1.94. The minimum atomic E-state index is 0.453. The monoisotopic (exact) mass is 535 g/mol. The number of nitrogens with two attached hydrogens (primary N) is 1. The molecule has 2 aliphatic rings. The van der Waals surface area contributed by atoms with Gasteiger partial charge >= 0.3 is 0 Å². The summed E-state index contributed by atoms with van der Waals surface area (Å²) in [6, 6.07) is 26.6. The number of aliphatic imine (C=N–C) groups is 1. The average molecular weight is 536 g/mol. The summed E-state index contributed by atoms with van der Waals surface area (Å²) in [5, 5.41) is 3.33. The van der Waals surface area contributed by atoms with Gasteiger partial charge in [0.1, 0.15) is 24.0 Å². The summed E-state index contributed by atoms with van der Waals surface area (Å²) in [6.45, 7) is 10.4. The van der Waals surface area contributed by atoms with Crippen LogP contribution in [0, 0.1) is 0 Å². The van der Waals surface area contributed by atoms with Gasteiger partial charge in [-0.2, -0.15) is 0 Å². The van der Waals surface area contributed by atoms with E-state index >= 15 is 0 Å². The van der Waals surface area contributed by atoms with E-state index in [9.17, 15) is 0 Å². The second-order valence-corrected chi connectivity index (χ2v) is 9.83. The first kappa shape index (κ1) is 27.2. The van der Waals surface area contributed by atoms with Crippen molar-refractivity contribution in [1.82, 2.24) is 10.2 Å². The SMILES string of the molecule is C=C/C(=C1\N=C(N)C(c2ccc(OCc3ccccc3)cc2)=CN1)c1ccc(N2CCN(CCOC)CC2)cc1. The number of hydrogen-bond acceptors (Lipinski definition) is 7. The molecule has 0 bridgehead atoms. The smallest absolute Gasteiger partial charge is 0.140 e. The number of nitrogens with zero attached hydrogens (tertiary/aromatic N) is 3. The number of ether oxygens (including phenoxy) is 2. The predicted octanol–water partition coefficient (Wildman–Crippen LogP) is 4.89. The maximum atomic E-state index is 6.43. The van der Waals surface area contributed by atoms with Crippen LogP contribution in [-0.4, -0.2) is 57.2 Å². The first-order chi connectivity index (χ1) is 19.6. The molecule has 206 valence electrons. The predicted molar refractivity (Wildman–Crippen MR) is 164 cm³/mol. The molecule has 0 aromatic heterocycles. The zero-order chi connectivity index (χ0) is 27.7. The summed E-state index contributed by atoms with van der Waals surface area (Å²) in [7, 11) is 1.75. The summed E-state index contributed by atoms with van der Waals surface area (Å²) in [4.78, 5) is 9.57. The van der Waals surface area contributed by atoms with Crippen LogP contribution in [0.3, 0.4) is 0 Å². The van der Waals surface area contributed by atoms with Crippen LogP contribution < -0.4 is 20.7 Å². The van der Waals surface area contributed by atoms with Crippen molar-refractivity contribution in [3.63, 3.8) is 0 Å². The van der Waals surface area contributed by atoms with Crippen molar-refractivity contribution in [2.24, 2.45) is 10.7 Å². The molecule has 2 aliphatic heterocycles. The Bertz CT molecular complexity index is 1370. The molecule has 0 radical (unpaired) electrons. The van der Waals surface area contributed by atoms with Gasteiger partial charge in [-0.15, -0.1) is 0 Å². The van der Waals surface area contributed by atoms with Crippen LogP contribution in [0.5, 0.6) is 5.75 Å². The van der Waals surface area contributed by atoms with Crippen molar-refractivity contribution in [3.05, 3.63) is 120 Å². The van der Waals surface area contributed by atoms with Crippen molar-refractivity contribution in [2.75, 3.05) is 51.3 Å². The van der Waals surface area contributed by atoms with Gasteiger partial charge in [-0.3, -0.25) is 4.90 Å². The van der Waals surface area contributed by atoms with Gasteiger partial charge in [0.2, 0.25) is 0 Å². The Labute approximate surface area is 236 Å². The largest absolute Gasteiger partial charge is 0.489 e. The number of benzene rings is 3. The maximum Gasteiger partial charge on any atom is 0.140 e. The molecule has 2 heterocycles. The standard InChI is InChI=1S/C33H37N5O2/c1-3-30(26-9-13-28(14-10-26)38-19-17-37(18-20-38)21-22-39-2)33-35-23-31(32(34)36-33)27-11-15-29(16-12-27)40-24-25-7-5-4-6-8-25/h3-16,23,35H,1,17-22,24H2,2H3,(H2,34,36)/b33-30+. The van der Waals surface area contributed by atoms with Crippen LogP contribution in [0.25, 0.3) is 11.1 Å². The van der Waals surface area contributed by atoms with E-state index in [1.165, 1.54) is 5.69 Å². The normalized spacial score (nSPS) is 17.0. The third kappa shape index (κ3) is 6.62. The zero-order valence-corrected chi connectivity index (χ0v) is 23.1. The first-order valence-electron chi connectivity index (χ1n) is 13.7. The Balaban J connectivity index is 1.23. The Hall–Kier alpha value is -4.33. The van der Waals surface area contributed by atoms with Gasteiger partial charge in [0.15, 0.2) is 0 Å². The number of anilines is 1. The molecule has 3 aromatic rings. The van der Waals surface area contributed by atoms with Crippen LogP contribution in [0.4, 0.5) is 5.69 Å². The van der Waals surface area contributed by atoms with Gasteiger partial charge in [-0.25, -0.2) is 4.99 Å². The quantitative estimate of drug-likeness (QED) is 0.385. The highest BCUT2D eigenvalue weighted by atomic mass is 16.5. The second kappa shape index (κ2) is 13.2. The molecule has 7 heteroatoms. The van der Waals surface area contributed by atoms with Gasteiger partial charge < -0.3 is 25.4 Å². The number of piperazine rings is 1. The molecule has 40 heavy (non-hydrogen) atoms. The topological polar surface area (TPSA) is 75.4 Å². The van der Waals surface area contributed by atoms with E-state index in [4.69, 9.17) is 20.2 Å². The van der Waals surface area contributed by atoms with Crippen LogP contribution in [-0.2, 0) is 11.3 Å². The molecule has 0 amide bonds. The molecule has 0 atom stereocenters. The molecule has 0 saturated carbocycles. The summed E-state index contributed by atoms with van der Waals surface area (Å²) >= 11 is 0. The Morgan fingerprint density at radius 2 is 1.70 bits per heavy atom. The van der Waals surface area contributed by atoms with E-state index in [0.29, 0.717) is 18.3 Å². The lowest BCUT2D eigenvalue weighted by atomic mass is 10.0. The van der Waals surface area contributed by atoms with E-state index < -0.39 is 0 Å². The lowest BCUT2D eigenvalue weighted by molar-refractivity contribution is 0.144. The molecule has 0 unspecified atom stereocenters. The summed E-state index contributed by atoms with van der Waals surface area (Å²) in [5.41, 5.74) is 12.5. The highest BCUT2D eigenvalue weighted by Gasteiger charge is 2.18. The zero-order valence-electron chi connectivity index (χ0n) is 23.1. The van der Waals surface area contributed by atoms with Crippen molar-refractivity contribution in [2.45, 2.75) is 6.61 Å². The van der Waals surface area contributed by atoms with Crippen molar-refractivity contribution in [1.29, 1.82) is 0 Å². The molecule has 1 fully saturated rings. The molecular weight excluding hydrogens is 498 g/mol. The van der Waals surface area contributed by atoms with Crippen LogP contribution in [0.15, 0.2) is 109 Å². The molecule has 0 spiro atoms. The maximum absolute atomic E-state index is 6.43. The fourth-order valence-electron chi connectivity index (χ4n) is 4.92. The van der Waals surface area contributed by atoms with Crippen molar-refractivity contribution < 1.29 is 9.47 Å². The summed E-state index contributed by atoms with van der Waals surface area (Å²) < 4.78 is 11.1. The number of nitrogens with one attached hydrogen (secondary N) is 1. The van der Waals surface area contributed by atoms with Crippen molar-refractivity contribution in [3.8, 4) is 5.75 Å². The molecule has 3 aromatic carbocycles. The molecule has 1 saturated heterocycles. The highest BCUT2D eigenvalue weighted by Crippen LogP contribution is 2.27. The number of methoxy groups -OCH3 is 1. The van der Waals surface area contributed by atoms with Crippen LogP contribution in [0.1, 0.15) is 16.7 Å². The van der Waals surface area contributed by atoms with Crippen LogP contribution in [0.2, 0.25) is 0 Å². The minimum Gasteiger partial charge on any atom is -0.489 e. The lowest BCUT2D eigenvalue weighted by Gasteiger charge is -2.36. The van der Waals surface area contributed by atoms with Gasteiger partial charge in [0.05, 0.1) is 6.61 Å². The molecule has 7 nitrogen and oxygen atoms in total. The van der Waals surface area contributed by atoms with Gasteiger partial charge in [0.25, 0.3) is 0 Å². The van der Waals surface area contributed by atoms with E-state index in [-0.39, 0.29) is 0 Å². The van der Waals surface area contributed by atoms with Gasteiger partial charge in [0, 0.05) is 62.9 Å². The van der Waals surface area contributed by atoms with E-state index in [1.807, 2.05) is 66.9 Å². The first-order valence-corrected chi connectivity index (χ1v) is 13.7. The lowest BCUT2D eigenvalue weighted by Crippen LogP contribution is -2.47. The molecule has 5 rings (SSSR count). The average Bonchev–Trinajstić information content (AvgIpc) is 3.01. The van der Waals surface area contributed by atoms with Gasteiger partial charge in [-0.05, 0) is 41.0 Å². The third-order valence-corrected chi connectivity index (χ3v) is 7.26. The fraction of sp³-hybridized carbons (Fsp3) is 0.242. The number of allylic oxidation sites excluding steroid dienone is 2. The fourth-order valence-corrected chi connectivity index (χ4v) is 4.92. The second-order valence-electron chi connectivity index (χ2n) is 9.83. The minimum absolute atomic E-state index is 0.453. The van der Waals surface area contributed by atoms with Crippen LogP contribution >= 0.6 is 0 Å². The van der Waals surface area contributed by atoms with E-state index in [1.54, 1.807) is 7.11 Å². The number of hydrogen-bond donors (Lipinski definition) is 2. The third-order valence-electron chi connectivity index (χ3n) is 7.26. The molecular formula is C33H37N5O2. The van der Waals surface area contributed by atoms with Gasteiger partial charge in [-0.1, -0.05) is 67.3 Å². The molecule has 0 aliphatic carbocycles. The van der Waals surface area contributed by atoms with Crippen molar-refractivity contribution >= 4 is 22.7 Å². The Morgan fingerprint density at radius 3 is 2.35 bits per heavy atom. The Kier molecular flexibility index (Phi) is 8.96. The van der Waals surface area contributed by atoms with E-state index in [2.05, 4.69) is 46.0 Å². The number of amidine groups is 1. The summed E-state index contributed by atoms with van der Waals surface area (Å²) in [6.07, 6.45) is 3.72. The molecule has 3 N–H and O–H groups in total. The highest BCUT2D eigenvalue weighted by molar-refractivity contribution is 6.23. The number of rotatable bonds is 10. The Morgan fingerprint density at radius 1 is 0.975 bits per heavy atom. The van der Waals surface area contributed by atoms with E-state index in [0.717, 1.165) is 72.9 Å².